The molecule has 0 bridgehead atoms. The predicted octanol–water partition coefficient (Wildman–Crippen LogP) is 4.12. The fraction of sp³-hybridized carbons (Fsp3) is 0.350. The van der Waals surface area contributed by atoms with E-state index in [9.17, 15) is 10.0 Å². The summed E-state index contributed by atoms with van der Waals surface area (Å²) in [5, 5.41) is 16.9. The van der Waals surface area contributed by atoms with Crippen LogP contribution >= 0.6 is 0 Å². The minimum atomic E-state index is -0.605. The van der Waals surface area contributed by atoms with Gasteiger partial charge in [-0.25, -0.2) is 0 Å². The van der Waals surface area contributed by atoms with E-state index >= 15 is 0 Å². The number of amides is 1. The molecule has 1 N–H and O–H groups in total. The van der Waals surface area contributed by atoms with Crippen molar-refractivity contribution in [2.45, 2.75) is 20.3 Å². The van der Waals surface area contributed by atoms with Gasteiger partial charge in [-0.1, -0.05) is 38.1 Å². The summed E-state index contributed by atoms with van der Waals surface area (Å²) in [6, 6.07) is 14.5. The van der Waals surface area contributed by atoms with Crippen LogP contribution in [0.2, 0.25) is 0 Å². The number of carbonyl (C=O) groups excluding carboxylic acids is 1. The largest absolute Gasteiger partial charge is 0.622 e. The van der Waals surface area contributed by atoms with E-state index in [0.717, 1.165) is 26.1 Å². The van der Waals surface area contributed by atoms with Crippen molar-refractivity contribution in [2.75, 3.05) is 31.5 Å². The first kappa shape index (κ1) is 17.6. The lowest BCUT2D eigenvalue weighted by Gasteiger charge is -2.42. The number of carbonyl (C=O) groups is 1. The first-order valence-corrected chi connectivity index (χ1v) is 8.92. The average Bonchev–Trinajstić information content (AvgIpc) is 2.73. The SMILES string of the molecule is CCN(CC)CCC[N+]1([O-])c2ccccc2NC(=O)c2ccccc21. The second-order valence-electron chi connectivity index (χ2n) is 6.33. The molecule has 0 saturated heterocycles. The van der Waals surface area contributed by atoms with Gasteiger partial charge in [-0.15, -0.1) is 0 Å². The molecule has 0 saturated carbocycles. The molecule has 1 unspecified atom stereocenters. The fourth-order valence-corrected chi connectivity index (χ4v) is 3.49. The highest BCUT2D eigenvalue weighted by Crippen LogP contribution is 2.43. The van der Waals surface area contributed by atoms with Gasteiger partial charge in [0.25, 0.3) is 5.91 Å². The van der Waals surface area contributed by atoms with E-state index < -0.39 is 4.65 Å². The third-order valence-electron chi connectivity index (χ3n) is 4.92. The third kappa shape index (κ3) is 3.31. The number of hydroxylamine groups is 1. The quantitative estimate of drug-likeness (QED) is 0.636. The summed E-state index contributed by atoms with van der Waals surface area (Å²) in [4.78, 5) is 14.9. The van der Waals surface area contributed by atoms with Crippen molar-refractivity contribution in [1.29, 1.82) is 0 Å². The van der Waals surface area contributed by atoms with Gasteiger partial charge in [-0.2, -0.15) is 0 Å². The number of para-hydroxylation sites is 3. The maximum absolute atomic E-state index is 14.0. The van der Waals surface area contributed by atoms with Crippen LogP contribution in [0.5, 0.6) is 0 Å². The van der Waals surface area contributed by atoms with Gasteiger partial charge in [0.15, 0.2) is 11.4 Å². The first-order valence-electron chi connectivity index (χ1n) is 8.92. The Balaban J connectivity index is 2.01. The Morgan fingerprint density at radius 3 is 2.36 bits per heavy atom. The molecule has 1 atom stereocenters. The Bertz CT molecular complexity index is 758. The van der Waals surface area contributed by atoms with E-state index in [2.05, 4.69) is 24.1 Å². The van der Waals surface area contributed by atoms with Crippen molar-refractivity contribution in [3.63, 3.8) is 0 Å². The number of rotatable bonds is 6. The molecule has 5 nitrogen and oxygen atoms in total. The molecule has 1 heterocycles. The van der Waals surface area contributed by atoms with Gasteiger partial charge in [0.1, 0.15) is 11.3 Å². The van der Waals surface area contributed by atoms with Crippen LogP contribution in [0.15, 0.2) is 48.5 Å². The number of nitrogens with one attached hydrogen (secondary N) is 1. The van der Waals surface area contributed by atoms with Crippen LogP contribution in [0.4, 0.5) is 17.1 Å². The Morgan fingerprint density at radius 1 is 1.00 bits per heavy atom. The van der Waals surface area contributed by atoms with Gasteiger partial charge < -0.3 is 15.4 Å². The van der Waals surface area contributed by atoms with Crippen LogP contribution in [0.25, 0.3) is 0 Å². The molecule has 0 aliphatic carbocycles. The first-order chi connectivity index (χ1) is 12.1. The van der Waals surface area contributed by atoms with Gasteiger partial charge in [0.05, 0.1) is 6.54 Å². The van der Waals surface area contributed by atoms with Crippen LogP contribution in [0, 0.1) is 5.21 Å². The Kier molecular flexibility index (Phi) is 5.18. The summed E-state index contributed by atoms with van der Waals surface area (Å²) < 4.78 is -0.605. The van der Waals surface area contributed by atoms with Crippen molar-refractivity contribution in [2.24, 2.45) is 0 Å². The minimum Gasteiger partial charge on any atom is -0.622 e. The van der Waals surface area contributed by atoms with Crippen molar-refractivity contribution >= 4 is 23.0 Å². The fourth-order valence-electron chi connectivity index (χ4n) is 3.49. The van der Waals surface area contributed by atoms with E-state index in [-0.39, 0.29) is 5.91 Å². The van der Waals surface area contributed by atoms with Crippen molar-refractivity contribution < 1.29 is 4.79 Å². The van der Waals surface area contributed by atoms with Gasteiger partial charge in [-0.05, 0) is 25.2 Å². The van der Waals surface area contributed by atoms with Crippen LogP contribution < -0.4 is 9.96 Å². The predicted molar refractivity (Wildman–Crippen MR) is 103 cm³/mol. The molecule has 132 valence electrons. The van der Waals surface area contributed by atoms with Crippen LogP contribution in [-0.2, 0) is 0 Å². The molecular weight excluding hydrogens is 314 g/mol. The summed E-state index contributed by atoms with van der Waals surface area (Å²) in [5.41, 5.74) is 2.17. The summed E-state index contributed by atoms with van der Waals surface area (Å²) in [5.74, 6) is -0.220. The van der Waals surface area contributed by atoms with E-state index in [1.165, 1.54) is 0 Å². The lowest BCUT2D eigenvalue weighted by molar-refractivity contribution is 0.102. The van der Waals surface area contributed by atoms with E-state index in [1.54, 1.807) is 24.3 Å². The molecule has 1 aliphatic heterocycles. The maximum atomic E-state index is 14.0. The van der Waals surface area contributed by atoms with Gasteiger partial charge in [0.2, 0.25) is 0 Å². The zero-order valence-electron chi connectivity index (χ0n) is 14.9. The minimum absolute atomic E-state index is 0.220. The molecule has 0 aromatic heterocycles. The number of hydrogen-bond acceptors (Lipinski definition) is 3. The molecule has 5 heteroatoms. The molecule has 25 heavy (non-hydrogen) atoms. The molecule has 2 aromatic carbocycles. The van der Waals surface area contributed by atoms with Gasteiger partial charge >= 0.3 is 0 Å². The van der Waals surface area contributed by atoms with Crippen molar-refractivity contribution in [1.82, 2.24) is 9.55 Å². The van der Waals surface area contributed by atoms with E-state index in [1.807, 2.05) is 24.3 Å². The monoisotopic (exact) mass is 339 g/mol. The summed E-state index contributed by atoms with van der Waals surface area (Å²) in [7, 11) is 0. The van der Waals surface area contributed by atoms with Crippen molar-refractivity contribution in [3.05, 3.63) is 59.3 Å². The number of anilines is 1. The lowest BCUT2D eigenvalue weighted by Crippen LogP contribution is -2.40. The molecule has 3 rings (SSSR count). The number of nitrogens with zero attached hydrogens (tertiary/aromatic N) is 2. The molecule has 1 aliphatic rings. The summed E-state index contributed by atoms with van der Waals surface area (Å²) >= 11 is 0. The summed E-state index contributed by atoms with van der Waals surface area (Å²) in [6.45, 7) is 7.49. The molecule has 2 aromatic rings. The van der Waals surface area contributed by atoms with E-state index in [0.29, 0.717) is 29.2 Å². The second-order valence-corrected chi connectivity index (χ2v) is 6.33. The van der Waals surface area contributed by atoms with Crippen LogP contribution in [0.3, 0.4) is 0 Å². The van der Waals surface area contributed by atoms with Gasteiger partial charge in [-0.3, -0.25) is 9.44 Å². The van der Waals surface area contributed by atoms with Crippen LogP contribution in [-0.4, -0.2) is 37.0 Å². The Morgan fingerprint density at radius 2 is 1.64 bits per heavy atom. The highest BCUT2D eigenvalue weighted by atomic mass is 16.5. The third-order valence-corrected chi connectivity index (χ3v) is 4.92. The Hall–Kier alpha value is -2.21. The average molecular weight is 339 g/mol. The molecule has 0 fully saturated rings. The zero-order valence-corrected chi connectivity index (χ0v) is 14.9. The second kappa shape index (κ2) is 7.35. The number of quaternary nitrogens is 1. The lowest BCUT2D eigenvalue weighted by atomic mass is 10.1. The molecule has 0 radical (unpaired) electrons. The zero-order chi connectivity index (χ0) is 17.9. The molecular formula is C20H25N3O2. The number of benzene rings is 2. The molecule has 0 spiro atoms. The summed E-state index contributed by atoms with van der Waals surface area (Å²) in [6.07, 6.45) is 0.766. The normalized spacial score (nSPS) is 19.1. The topological polar surface area (TPSA) is 55.4 Å². The highest BCUT2D eigenvalue weighted by molar-refractivity contribution is 6.11. The standard InChI is InChI=1S/C20H25N3O2/c1-3-22(4-2)14-9-15-23(25)18-12-7-5-10-16(18)20(24)21-17-11-6-8-13-19(17)23/h5-8,10-13H,3-4,9,14-15H2,1-2H3,(H,21,24). The maximum Gasteiger partial charge on any atom is 0.261 e. The van der Waals surface area contributed by atoms with Crippen LogP contribution in [0.1, 0.15) is 30.6 Å². The van der Waals surface area contributed by atoms with E-state index in [4.69, 9.17) is 0 Å². The van der Waals surface area contributed by atoms with Gasteiger partial charge in [0, 0.05) is 25.1 Å². The number of fused-ring (bicyclic) bond motifs is 2. The smallest absolute Gasteiger partial charge is 0.261 e. The number of hydrogen-bond donors (Lipinski definition) is 1. The highest BCUT2D eigenvalue weighted by Gasteiger charge is 2.34. The van der Waals surface area contributed by atoms with Crippen molar-refractivity contribution in [3.8, 4) is 0 Å². The Labute approximate surface area is 149 Å². The molecule has 1 amide bonds.